The number of hydrogen-bond donors (Lipinski definition) is 1. The smallest absolute Gasteiger partial charge is 0.262 e. The van der Waals surface area contributed by atoms with Gasteiger partial charge < -0.3 is 10.1 Å². The number of carbonyl (C=O) groups excluding carboxylic acids is 1. The van der Waals surface area contributed by atoms with E-state index < -0.39 is 0 Å². The molecule has 2 rings (SSSR count). The number of nitrogens with one attached hydrogen (secondary N) is 1. The first kappa shape index (κ1) is 14.8. The van der Waals surface area contributed by atoms with Gasteiger partial charge >= 0.3 is 0 Å². The molecule has 0 bridgehead atoms. The normalized spacial score (nSPS) is 10.8. The zero-order chi connectivity index (χ0) is 15.1. The Balaban J connectivity index is 2.05. The molecule has 1 aromatic carbocycles. The minimum Gasteiger partial charge on any atom is -0.497 e. The highest BCUT2D eigenvalue weighted by molar-refractivity contribution is 7.09. The molecular formula is C16H14N2O2S. The number of hydrogen-bond acceptors (Lipinski definition) is 4. The average Bonchev–Trinajstić information content (AvgIpc) is 3.04. The van der Waals surface area contributed by atoms with Crippen LogP contribution in [0.5, 0.6) is 5.75 Å². The predicted octanol–water partition coefficient (Wildman–Crippen LogP) is 2.98. The predicted molar refractivity (Wildman–Crippen MR) is 82.7 cm³/mol. The van der Waals surface area contributed by atoms with Gasteiger partial charge in [0, 0.05) is 4.88 Å². The SMILES string of the molecule is COc1ccc(/C=C(\C#N)C(=O)NCc2cccs2)cc1. The van der Waals surface area contributed by atoms with Crippen LogP contribution < -0.4 is 10.1 Å². The highest BCUT2D eigenvalue weighted by Crippen LogP contribution is 2.14. The van der Waals surface area contributed by atoms with E-state index in [2.05, 4.69) is 5.32 Å². The third kappa shape index (κ3) is 4.20. The maximum Gasteiger partial charge on any atom is 0.262 e. The molecule has 1 amide bonds. The van der Waals surface area contributed by atoms with Gasteiger partial charge in [-0.2, -0.15) is 5.26 Å². The van der Waals surface area contributed by atoms with Crippen LogP contribution >= 0.6 is 11.3 Å². The fourth-order valence-corrected chi connectivity index (χ4v) is 2.34. The van der Waals surface area contributed by atoms with Gasteiger partial charge in [-0.3, -0.25) is 4.79 Å². The number of thiophene rings is 1. The number of nitriles is 1. The molecule has 5 heteroatoms. The molecule has 0 unspecified atom stereocenters. The summed E-state index contributed by atoms with van der Waals surface area (Å²) in [5.74, 6) is 0.356. The van der Waals surface area contributed by atoms with Crippen molar-refractivity contribution in [2.24, 2.45) is 0 Å². The molecule has 0 aliphatic carbocycles. The molecule has 0 atom stereocenters. The minimum atomic E-state index is -0.373. The summed E-state index contributed by atoms with van der Waals surface area (Å²) in [5, 5.41) is 13.8. The first-order valence-electron chi connectivity index (χ1n) is 6.29. The lowest BCUT2D eigenvalue weighted by molar-refractivity contribution is -0.117. The molecular weight excluding hydrogens is 284 g/mol. The molecule has 1 N–H and O–H groups in total. The van der Waals surface area contributed by atoms with Crippen LogP contribution in [0.15, 0.2) is 47.4 Å². The maximum atomic E-state index is 12.0. The van der Waals surface area contributed by atoms with Crippen molar-refractivity contribution in [1.82, 2.24) is 5.32 Å². The summed E-state index contributed by atoms with van der Waals surface area (Å²) >= 11 is 1.56. The van der Waals surface area contributed by atoms with E-state index in [1.807, 2.05) is 23.6 Å². The molecule has 0 fully saturated rings. The van der Waals surface area contributed by atoms with E-state index in [-0.39, 0.29) is 11.5 Å². The summed E-state index contributed by atoms with van der Waals surface area (Å²) in [6.07, 6.45) is 1.56. The summed E-state index contributed by atoms with van der Waals surface area (Å²) < 4.78 is 5.06. The van der Waals surface area contributed by atoms with Gasteiger partial charge in [-0.15, -0.1) is 11.3 Å². The number of carbonyl (C=O) groups is 1. The summed E-state index contributed by atoms with van der Waals surface area (Å²) in [5.41, 5.74) is 0.857. The Bertz CT molecular complexity index is 667. The van der Waals surface area contributed by atoms with E-state index in [9.17, 15) is 4.79 Å². The van der Waals surface area contributed by atoms with E-state index in [1.165, 1.54) is 0 Å². The van der Waals surface area contributed by atoms with E-state index in [4.69, 9.17) is 10.00 Å². The van der Waals surface area contributed by atoms with Crippen LogP contribution in [0.25, 0.3) is 6.08 Å². The van der Waals surface area contributed by atoms with Crippen LogP contribution in [0.4, 0.5) is 0 Å². The Labute approximate surface area is 127 Å². The minimum absolute atomic E-state index is 0.0803. The molecule has 0 saturated heterocycles. The van der Waals surface area contributed by atoms with Crippen molar-refractivity contribution < 1.29 is 9.53 Å². The van der Waals surface area contributed by atoms with Gasteiger partial charge in [-0.25, -0.2) is 0 Å². The van der Waals surface area contributed by atoms with Gasteiger partial charge in [0.25, 0.3) is 5.91 Å². The molecule has 1 heterocycles. The zero-order valence-corrected chi connectivity index (χ0v) is 12.3. The summed E-state index contributed by atoms with van der Waals surface area (Å²) in [4.78, 5) is 13.0. The van der Waals surface area contributed by atoms with E-state index in [1.54, 1.807) is 48.8 Å². The molecule has 0 spiro atoms. The van der Waals surface area contributed by atoms with Crippen LogP contribution in [0.3, 0.4) is 0 Å². The van der Waals surface area contributed by atoms with Crippen molar-refractivity contribution in [3.8, 4) is 11.8 Å². The summed E-state index contributed by atoms with van der Waals surface area (Å²) in [7, 11) is 1.59. The van der Waals surface area contributed by atoms with Gasteiger partial charge in [0.2, 0.25) is 0 Å². The number of benzene rings is 1. The first-order valence-corrected chi connectivity index (χ1v) is 7.17. The van der Waals surface area contributed by atoms with Crippen LogP contribution in [-0.4, -0.2) is 13.0 Å². The second-order valence-electron chi connectivity index (χ2n) is 4.21. The number of ether oxygens (including phenoxy) is 1. The Morgan fingerprint density at radius 2 is 2.14 bits per heavy atom. The van der Waals surface area contributed by atoms with Crippen molar-refractivity contribution in [2.45, 2.75) is 6.54 Å². The second kappa shape index (κ2) is 7.27. The third-order valence-electron chi connectivity index (χ3n) is 2.80. The molecule has 4 nitrogen and oxygen atoms in total. The van der Waals surface area contributed by atoms with Crippen molar-refractivity contribution in [2.75, 3.05) is 7.11 Å². The van der Waals surface area contributed by atoms with Gasteiger partial charge in [-0.1, -0.05) is 18.2 Å². The monoisotopic (exact) mass is 298 g/mol. The van der Waals surface area contributed by atoms with Gasteiger partial charge in [0.1, 0.15) is 17.4 Å². The highest BCUT2D eigenvalue weighted by Gasteiger charge is 2.08. The standard InChI is InChI=1S/C16H14N2O2S/c1-20-14-6-4-12(5-7-14)9-13(10-17)16(19)18-11-15-3-2-8-21-15/h2-9H,11H2,1H3,(H,18,19)/b13-9+. The van der Waals surface area contributed by atoms with Crippen LogP contribution in [0.1, 0.15) is 10.4 Å². The Kier molecular flexibility index (Phi) is 5.13. The second-order valence-corrected chi connectivity index (χ2v) is 5.24. The molecule has 106 valence electrons. The topological polar surface area (TPSA) is 62.1 Å². The summed E-state index contributed by atoms with van der Waals surface area (Å²) in [6, 6.07) is 12.9. The maximum absolute atomic E-state index is 12.0. The fraction of sp³-hybridized carbons (Fsp3) is 0.125. The quantitative estimate of drug-likeness (QED) is 0.682. The number of amides is 1. The van der Waals surface area contributed by atoms with Crippen molar-refractivity contribution in [3.63, 3.8) is 0 Å². The zero-order valence-electron chi connectivity index (χ0n) is 11.5. The number of rotatable bonds is 5. The Morgan fingerprint density at radius 3 is 2.71 bits per heavy atom. The molecule has 0 radical (unpaired) electrons. The summed E-state index contributed by atoms with van der Waals surface area (Å²) in [6.45, 7) is 0.429. The molecule has 21 heavy (non-hydrogen) atoms. The number of methoxy groups -OCH3 is 1. The van der Waals surface area contributed by atoms with Crippen LogP contribution in [-0.2, 0) is 11.3 Å². The van der Waals surface area contributed by atoms with Gasteiger partial charge in [0.15, 0.2) is 0 Å². The highest BCUT2D eigenvalue weighted by atomic mass is 32.1. The molecule has 0 aliphatic heterocycles. The lowest BCUT2D eigenvalue weighted by atomic mass is 10.1. The van der Waals surface area contributed by atoms with Crippen LogP contribution in [0.2, 0.25) is 0 Å². The lowest BCUT2D eigenvalue weighted by Gasteiger charge is -2.03. The Hall–Kier alpha value is -2.58. The van der Waals surface area contributed by atoms with Crippen molar-refractivity contribution >= 4 is 23.3 Å². The largest absolute Gasteiger partial charge is 0.497 e. The molecule has 0 aliphatic rings. The number of nitrogens with zero attached hydrogens (tertiary/aromatic N) is 1. The Morgan fingerprint density at radius 1 is 1.38 bits per heavy atom. The van der Waals surface area contributed by atoms with Gasteiger partial charge in [0.05, 0.1) is 13.7 Å². The van der Waals surface area contributed by atoms with Gasteiger partial charge in [-0.05, 0) is 35.2 Å². The van der Waals surface area contributed by atoms with Crippen LogP contribution in [0, 0.1) is 11.3 Å². The fourth-order valence-electron chi connectivity index (χ4n) is 1.69. The van der Waals surface area contributed by atoms with E-state index in [0.29, 0.717) is 6.54 Å². The molecule has 1 aromatic heterocycles. The van der Waals surface area contributed by atoms with Crippen molar-refractivity contribution in [3.05, 3.63) is 57.8 Å². The first-order chi connectivity index (χ1) is 10.2. The molecule has 2 aromatic rings. The van der Waals surface area contributed by atoms with E-state index in [0.717, 1.165) is 16.2 Å². The lowest BCUT2D eigenvalue weighted by Crippen LogP contribution is -2.23. The molecule has 0 saturated carbocycles. The average molecular weight is 298 g/mol. The van der Waals surface area contributed by atoms with E-state index >= 15 is 0 Å². The van der Waals surface area contributed by atoms with Crippen molar-refractivity contribution in [1.29, 1.82) is 5.26 Å². The third-order valence-corrected chi connectivity index (χ3v) is 3.67.